The normalized spacial score (nSPS) is 12.8. The van der Waals surface area contributed by atoms with Gasteiger partial charge in [-0.3, -0.25) is 4.79 Å². The zero-order valence-corrected chi connectivity index (χ0v) is 14.5. The van der Waals surface area contributed by atoms with Gasteiger partial charge in [0.05, 0.1) is 5.56 Å². The maximum atomic E-state index is 11.1. The zero-order valence-electron chi connectivity index (χ0n) is 12.9. The second-order valence-electron chi connectivity index (χ2n) is 5.64. The third-order valence-electron chi connectivity index (χ3n) is 3.52. The molecule has 0 fully saturated rings. The molecule has 0 spiro atoms. The number of hydrogen-bond donors (Lipinski definition) is 2. The lowest BCUT2D eigenvalue weighted by molar-refractivity contribution is 0.100. The average Bonchev–Trinajstić information content (AvgIpc) is 2.97. The predicted octanol–water partition coefficient (Wildman–Crippen LogP) is 4.01. The Morgan fingerprint density at radius 2 is 2.05 bits per heavy atom. The van der Waals surface area contributed by atoms with Crippen molar-refractivity contribution in [2.24, 2.45) is 11.7 Å². The van der Waals surface area contributed by atoms with Crippen LogP contribution >= 0.6 is 22.7 Å². The minimum absolute atomic E-state index is 0.328. The number of amides is 1. The average molecular weight is 322 g/mol. The van der Waals surface area contributed by atoms with Crippen molar-refractivity contribution in [3.8, 4) is 0 Å². The number of nitrogens with one attached hydrogen (secondary N) is 1. The lowest BCUT2D eigenvalue weighted by atomic mass is 9.96. The molecule has 2 heterocycles. The van der Waals surface area contributed by atoms with Crippen LogP contribution in [0.1, 0.15) is 50.4 Å². The van der Waals surface area contributed by atoms with Gasteiger partial charge in [-0.1, -0.05) is 13.8 Å². The summed E-state index contributed by atoms with van der Waals surface area (Å²) in [5.74, 6) is 0.149. The molecule has 0 aromatic carbocycles. The molecule has 0 aliphatic heterocycles. The van der Waals surface area contributed by atoms with Gasteiger partial charge in [-0.05, 0) is 37.5 Å². The van der Waals surface area contributed by atoms with E-state index in [9.17, 15) is 4.79 Å². The van der Waals surface area contributed by atoms with Crippen LogP contribution in [0.4, 0.5) is 0 Å². The quantitative estimate of drug-likeness (QED) is 0.844. The Kier molecular flexibility index (Phi) is 5.19. The Labute approximate surface area is 134 Å². The van der Waals surface area contributed by atoms with Crippen LogP contribution in [0.5, 0.6) is 0 Å². The molecular formula is C16H22N2OS2. The number of carbonyl (C=O) groups excluding carboxylic acids is 1. The zero-order chi connectivity index (χ0) is 15.6. The van der Waals surface area contributed by atoms with Crippen molar-refractivity contribution in [1.82, 2.24) is 5.32 Å². The van der Waals surface area contributed by atoms with E-state index in [2.05, 4.69) is 39.1 Å². The van der Waals surface area contributed by atoms with Gasteiger partial charge in [0, 0.05) is 32.6 Å². The van der Waals surface area contributed by atoms with Crippen LogP contribution in [0.3, 0.4) is 0 Å². The third-order valence-corrected chi connectivity index (χ3v) is 5.43. The van der Waals surface area contributed by atoms with Gasteiger partial charge in [-0.25, -0.2) is 0 Å². The van der Waals surface area contributed by atoms with Crippen LogP contribution in [0, 0.1) is 19.8 Å². The Bertz CT molecular complexity index is 628. The van der Waals surface area contributed by atoms with Crippen molar-refractivity contribution >= 4 is 28.6 Å². The summed E-state index contributed by atoms with van der Waals surface area (Å²) in [7, 11) is 0. The van der Waals surface area contributed by atoms with E-state index in [1.54, 1.807) is 11.3 Å². The molecule has 21 heavy (non-hydrogen) atoms. The van der Waals surface area contributed by atoms with Gasteiger partial charge in [0.25, 0.3) is 0 Å². The number of primary amides is 1. The SMILES string of the molecule is Cc1cc([C@@H](NCc2cc(C(N)=O)cs2)C(C)C)c(C)s1. The fourth-order valence-electron chi connectivity index (χ4n) is 2.48. The number of hydrogen-bond acceptors (Lipinski definition) is 4. The van der Waals surface area contributed by atoms with Gasteiger partial charge >= 0.3 is 0 Å². The Balaban J connectivity index is 2.10. The number of carbonyl (C=O) groups is 1. The van der Waals surface area contributed by atoms with E-state index >= 15 is 0 Å². The summed E-state index contributed by atoms with van der Waals surface area (Å²) in [6.45, 7) is 9.55. The van der Waals surface area contributed by atoms with Crippen LogP contribution < -0.4 is 11.1 Å². The Hall–Kier alpha value is -1.17. The first-order chi connectivity index (χ1) is 9.88. The summed E-state index contributed by atoms with van der Waals surface area (Å²) < 4.78 is 0. The number of thiophene rings is 2. The van der Waals surface area contributed by atoms with Crippen LogP contribution in [-0.4, -0.2) is 5.91 Å². The lowest BCUT2D eigenvalue weighted by Gasteiger charge is -2.22. The smallest absolute Gasteiger partial charge is 0.249 e. The summed E-state index contributed by atoms with van der Waals surface area (Å²) in [6.07, 6.45) is 0. The highest BCUT2D eigenvalue weighted by molar-refractivity contribution is 7.12. The molecule has 2 rings (SSSR count). The highest BCUT2D eigenvalue weighted by Gasteiger charge is 2.19. The molecule has 0 unspecified atom stereocenters. The molecule has 2 aromatic heterocycles. The summed E-state index contributed by atoms with van der Waals surface area (Å²) in [6, 6.07) is 4.48. The molecule has 0 saturated carbocycles. The molecule has 0 bridgehead atoms. The summed E-state index contributed by atoms with van der Waals surface area (Å²) >= 11 is 3.42. The maximum absolute atomic E-state index is 11.1. The van der Waals surface area contributed by atoms with Crippen molar-refractivity contribution in [3.63, 3.8) is 0 Å². The molecule has 5 heteroatoms. The number of rotatable bonds is 6. The molecule has 2 aromatic rings. The molecule has 0 aliphatic carbocycles. The fourth-order valence-corrected chi connectivity index (χ4v) is 4.27. The molecule has 0 radical (unpaired) electrons. The van der Waals surface area contributed by atoms with E-state index in [1.807, 2.05) is 22.8 Å². The van der Waals surface area contributed by atoms with E-state index in [0.717, 1.165) is 11.4 Å². The van der Waals surface area contributed by atoms with Crippen LogP contribution in [0.2, 0.25) is 0 Å². The number of nitrogens with two attached hydrogens (primary N) is 1. The van der Waals surface area contributed by atoms with E-state index in [0.29, 0.717) is 17.5 Å². The lowest BCUT2D eigenvalue weighted by Crippen LogP contribution is -2.25. The Morgan fingerprint density at radius 1 is 1.33 bits per heavy atom. The van der Waals surface area contributed by atoms with E-state index in [1.165, 1.54) is 15.3 Å². The van der Waals surface area contributed by atoms with Gasteiger partial charge in [-0.2, -0.15) is 0 Å². The van der Waals surface area contributed by atoms with Crippen molar-refractivity contribution in [3.05, 3.63) is 43.3 Å². The predicted molar refractivity (Wildman–Crippen MR) is 91.0 cm³/mol. The number of aryl methyl sites for hydroxylation is 2. The van der Waals surface area contributed by atoms with Gasteiger partial charge in [0.2, 0.25) is 5.91 Å². The standard InChI is InChI=1S/C16H22N2OS2/c1-9(2)15(14-5-10(3)21-11(14)4)18-7-13-6-12(8-20-13)16(17)19/h5-6,8-9,15,18H,7H2,1-4H3,(H2,17,19)/t15-/m0/s1. The third kappa shape index (κ3) is 3.93. The molecule has 3 N–H and O–H groups in total. The Morgan fingerprint density at radius 3 is 2.52 bits per heavy atom. The second kappa shape index (κ2) is 6.73. The highest BCUT2D eigenvalue weighted by atomic mass is 32.1. The molecule has 3 nitrogen and oxygen atoms in total. The van der Waals surface area contributed by atoms with Crippen LogP contribution in [0.25, 0.3) is 0 Å². The summed E-state index contributed by atoms with van der Waals surface area (Å²) in [5.41, 5.74) is 7.28. The minimum atomic E-state index is -0.359. The highest BCUT2D eigenvalue weighted by Crippen LogP contribution is 2.31. The van der Waals surface area contributed by atoms with Gasteiger partial charge in [0.15, 0.2) is 0 Å². The minimum Gasteiger partial charge on any atom is -0.366 e. The molecule has 0 aliphatic rings. The van der Waals surface area contributed by atoms with Crippen molar-refractivity contribution in [2.75, 3.05) is 0 Å². The topological polar surface area (TPSA) is 55.1 Å². The van der Waals surface area contributed by atoms with Crippen molar-refractivity contribution in [2.45, 2.75) is 40.3 Å². The second-order valence-corrected chi connectivity index (χ2v) is 8.09. The van der Waals surface area contributed by atoms with Crippen LogP contribution in [-0.2, 0) is 6.54 Å². The first-order valence-corrected chi connectivity index (χ1v) is 8.75. The molecule has 0 saturated heterocycles. The van der Waals surface area contributed by atoms with Gasteiger partial charge < -0.3 is 11.1 Å². The van der Waals surface area contributed by atoms with Crippen molar-refractivity contribution in [1.29, 1.82) is 0 Å². The first-order valence-electron chi connectivity index (χ1n) is 7.06. The van der Waals surface area contributed by atoms with E-state index in [4.69, 9.17) is 5.73 Å². The fraction of sp³-hybridized carbons (Fsp3) is 0.438. The van der Waals surface area contributed by atoms with E-state index < -0.39 is 0 Å². The van der Waals surface area contributed by atoms with Crippen molar-refractivity contribution < 1.29 is 4.79 Å². The molecule has 1 atom stereocenters. The van der Waals surface area contributed by atoms with Gasteiger partial charge in [-0.15, -0.1) is 22.7 Å². The molecule has 114 valence electrons. The molecule has 1 amide bonds. The largest absolute Gasteiger partial charge is 0.366 e. The monoisotopic (exact) mass is 322 g/mol. The molecular weight excluding hydrogens is 300 g/mol. The van der Waals surface area contributed by atoms with Crippen LogP contribution in [0.15, 0.2) is 17.5 Å². The maximum Gasteiger partial charge on any atom is 0.249 e. The summed E-state index contributed by atoms with van der Waals surface area (Å²) in [5, 5.41) is 5.45. The van der Waals surface area contributed by atoms with Gasteiger partial charge in [0.1, 0.15) is 0 Å². The first kappa shape index (κ1) is 16.2. The summed E-state index contributed by atoms with van der Waals surface area (Å²) in [4.78, 5) is 15.0. The van der Waals surface area contributed by atoms with E-state index in [-0.39, 0.29) is 5.91 Å².